The van der Waals surface area contributed by atoms with Gasteiger partial charge in [0, 0.05) is 29.5 Å². The molecule has 1 saturated heterocycles. The van der Waals surface area contributed by atoms with Crippen LogP contribution in [-0.2, 0) is 11.2 Å². The summed E-state index contributed by atoms with van der Waals surface area (Å²) in [5.41, 5.74) is 0. The molecule has 0 spiro atoms. The molecule has 1 atom stereocenters. The third-order valence-corrected chi connectivity index (χ3v) is 5.26. The molecule has 1 fully saturated rings. The van der Waals surface area contributed by atoms with Crippen LogP contribution in [0.2, 0.25) is 4.34 Å². The van der Waals surface area contributed by atoms with Crippen LogP contribution in [0.5, 0.6) is 0 Å². The van der Waals surface area contributed by atoms with Gasteiger partial charge in [0.1, 0.15) is 6.04 Å². The lowest BCUT2D eigenvalue weighted by Gasteiger charge is -2.32. The van der Waals surface area contributed by atoms with Crippen LogP contribution in [0.3, 0.4) is 0 Å². The number of thiophene rings is 1. The van der Waals surface area contributed by atoms with Gasteiger partial charge in [0.15, 0.2) is 0 Å². The average Bonchev–Trinajstić information content (AvgIpc) is 2.84. The number of carboxylic acids is 1. The topological polar surface area (TPSA) is 69.6 Å². The molecule has 2 N–H and O–H groups in total. The largest absolute Gasteiger partial charge is 0.480 e. The molecular formula is C12H15ClN2O3S2. The smallest absolute Gasteiger partial charge is 0.327 e. The van der Waals surface area contributed by atoms with Crippen molar-refractivity contribution in [2.75, 3.05) is 24.6 Å². The van der Waals surface area contributed by atoms with E-state index in [0.717, 1.165) is 15.0 Å². The maximum Gasteiger partial charge on any atom is 0.327 e. The third-order valence-electron chi connectivity index (χ3n) is 2.95. The minimum atomic E-state index is -0.947. The summed E-state index contributed by atoms with van der Waals surface area (Å²) in [5, 5.41) is 11.9. The number of hydrogen-bond donors (Lipinski definition) is 2. The van der Waals surface area contributed by atoms with E-state index in [2.05, 4.69) is 5.32 Å². The van der Waals surface area contributed by atoms with Gasteiger partial charge in [-0.2, -0.15) is 11.8 Å². The Morgan fingerprint density at radius 1 is 1.50 bits per heavy atom. The Morgan fingerprint density at radius 3 is 2.95 bits per heavy atom. The molecule has 1 aliphatic rings. The number of nitrogens with zero attached hydrogens (tertiary/aromatic N) is 1. The maximum atomic E-state index is 12.0. The van der Waals surface area contributed by atoms with Crippen LogP contribution in [0.1, 0.15) is 4.88 Å². The second kappa shape index (κ2) is 7.19. The van der Waals surface area contributed by atoms with Crippen molar-refractivity contribution in [3.8, 4) is 0 Å². The highest BCUT2D eigenvalue weighted by atomic mass is 35.5. The highest BCUT2D eigenvalue weighted by Gasteiger charge is 2.32. The van der Waals surface area contributed by atoms with Crippen LogP contribution in [0.15, 0.2) is 12.1 Å². The van der Waals surface area contributed by atoms with Gasteiger partial charge in [-0.1, -0.05) is 11.6 Å². The van der Waals surface area contributed by atoms with Gasteiger partial charge in [-0.25, -0.2) is 9.59 Å². The van der Waals surface area contributed by atoms with E-state index in [0.29, 0.717) is 25.3 Å². The van der Waals surface area contributed by atoms with Crippen molar-refractivity contribution in [3.05, 3.63) is 21.3 Å². The van der Waals surface area contributed by atoms with Gasteiger partial charge in [0.2, 0.25) is 0 Å². The predicted octanol–water partition coefficient (Wildman–Crippen LogP) is 2.16. The maximum absolute atomic E-state index is 12.0. The summed E-state index contributed by atoms with van der Waals surface area (Å²) in [6.45, 7) is 0.948. The van der Waals surface area contributed by atoms with Crippen LogP contribution in [0, 0.1) is 0 Å². The summed E-state index contributed by atoms with van der Waals surface area (Å²) >= 11 is 8.88. The van der Waals surface area contributed by atoms with Gasteiger partial charge >= 0.3 is 12.0 Å². The number of urea groups is 1. The lowest BCUT2D eigenvalue weighted by atomic mass is 10.3. The van der Waals surface area contributed by atoms with E-state index in [1.807, 2.05) is 12.1 Å². The van der Waals surface area contributed by atoms with Gasteiger partial charge in [0.05, 0.1) is 4.34 Å². The molecule has 5 nitrogen and oxygen atoms in total. The van der Waals surface area contributed by atoms with E-state index in [1.54, 1.807) is 11.8 Å². The molecular weight excluding hydrogens is 320 g/mol. The van der Waals surface area contributed by atoms with Gasteiger partial charge < -0.3 is 15.3 Å². The molecule has 2 amide bonds. The quantitative estimate of drug-likeness (QED) is 0.885. The van der Waals surface area contributed by atoms with E-state index < -0.39 is 12.0 Å². The molecule has 1 aromatic heterocycles. The predicted molar refractivity (Wildman–Crippen MR) is 81.9 cm³/mol. The van der Waals surface area contributed by atoms with Gasteiger partial charge in [-0.15, -0.1) is 11.3 Å². The normalized spacial score (nSPS) is 18.9. The Balaban J connectivity index is 1.82. The summed E-state index contributed by atoms with van der Waals surface area (Å²) in [6, 6.07) is 2.72. The molecule has 1 aliphatic heterocycles. The molecule has 0 saturated carbocycles. The van der Waals surface area contributed by atoms with Crippen LogP contribution < -0.4 is 5.32 Å². The minimum Gasteiger partial charge on any atom is -0.480 e. The molecule has 8 heteroatoms. The van der Waals surface area contributed by atoms with E-state index in [9.17, 15) is 9.59 Å². The van der Waals surface area contributed by atoms with E-state index >= 15 is 0 Å². The fourth-order valence-electron chi connectivity index (χ4n) is 1.93. The SMILES string of the molecule is O=C(O)C1CSCCN1C(=O)NCCc1ccc(Cl)s1. The Labute approximate surface area is 130 Å². The van der Waals surface area contributed by atoms with E-state index in [-0.39, 0.29) is 6.03 Å². The number of rotatable bonds is 4. The molecule has 0 radical (unpaired) electrons. The molecule has 2 rings (SSSR count). The number of halogens is 1. The number of thioether (sulfide) groups is 1. The lowest BCUT2D eigenvalue weighted by molar-refractivity contribution is -0.141. The number of hydrogen-bond acceptors (Lipinski definition) is 4. The molecule has 1 unspecified atom stereocenters. The summed E-state index contributed by atoms with van der Waals surface area (Å²) < 4.78 is 0.727. The number of amides is 2. The van der Waals surface area contributed by atoms with Crippen LogP contribution >= 0.6 is 34.7 Å². The van der Waals surface area contributed by atoms with E-state index in [1.165, 1.54) is 16.2 Å². The monoisotopic (exact) mass is 334 g/mol. The van der Waals surface area contributed by atoms with Crippen molar-refractivity contribution >= 4 is 46.7 Å². The zero-order chi connectivity index (χ0) is 14.5. The summed E-state index contributed by atoms with van der Waals surface area (Å²) in [7, 11) is 0. The number of carboxylic acid groups (broad SMARTS) is 1. The van der Waals surface area contributed by atoms with Crippen molar-refractivity contribution in [2.45, 2.75) is 12.5 Å². The summed E-state index contributed by atoms with van der Waals surface area (Å²) in [5.74, 6) is 0.276. The molecule has 1 aromatic rings. The number of aliphatic carboxylic acids is 1. The number of carbonyl (C=O) groups excluding carboxylic acids is 1. The number of carbonyl (C=O) groups is 2. The fraction of sp³-hybridized carbons (Fsp3) is 0.500. The third kappa shape index (κ3) is 4.04. The van der Waals surface area contributed by atoms with E-state index in [4.69, 9.17) is 16.7 Å². The van der Waals surface area contributed by atoms with Crippen molar-refractivity contribution in [3.63, 3.8) is 0 Å². The Kier molecular flexibility index (Phi) is 5.56. The molecule has 2 heterocycles. The molecule has 110 valence electrons. The zero-order valence-electron chi connectivity index (χ0n) is 10.7. The first kappa shape index (κ1) is 15.5. The fourth-order valence-corrected chi connectivity index (χ4v) is 4.06. The van der Waals surface area contributed by atoms with Gasteiger partial charge in [0.25, 0.3) is 0 Å². The van der Waals surface area contributed by atoms with Gasteiger partial charge in [-0.05, 0) is 18.6 Å². The van der Waals surface area contributed by atoms with Crippen LogP contribution in [-0.4, -0.2) is 52.6 Å². The summed E-state index contributed by atoms with van der Waals surface area (Å²) in [4.78, 5) is 25.6. The standard InChI is InChI=1S/C12H15ClN2O3S2/c13-10-2-1-8(20-10)3-4-14-12(18)15-5-6-19-7-9(15)11(16)17/h1-2,9H,3-7H2,(H,14,18)(H,16,17). The molecule has 0 aliphatic carbocycles. The van der Waals surface area contributed by atoms with Crippen molar-refractivity contribution in [1.82, 2.24) is 10.2 Å². The van der Waals surface area contributed by atoms with Crippen molar-refractivity contribution in [2.24, 2.45) is 0 Å². The number of nitrogens with one attached hydrogen (secondary N) is 1. The van der Waals surface area contributed by atoms with Crippen LogP contribution in [0.4, 0.5) is 4.79 Å². The second-order valence-electron chi connectivity index (χ2n) is 4.31. The lowest BCUT2D eigenvalue weighted by Crippen LogP contribution is -2.54. The van der Waals surface area contributed by atoms with Gasteiger partial charge in [-0.3, -0.25) is 0 Å². The first-order chi connectivity index (χ1) is 9.58. The average molecular weight is 335 g/mol. The van der Waals surface area contributed by atoms with Crippen molar-refractivity contribution in [1.29, 1.82) is 0 Å². The zero-order valence-corrected chi connectivity index (χ0v) is 13.1. The van der Waals surface area contributed by atoms with Crippen molar-refractivity contribution < 1.29 is 14.7 Å². The second-order valence-corrected chi connectivity index (χ2v) is 7.26. The Morgan fingerprint density at radius 2 is 2.30 bits per heavy atom. The first-order valence-corrected chi connectivity index (χ1v) is 8.52. The molecule has 0 aromatic carbocycles. The first-order valence-electron chi connectivity index (χ1n) is 6.17. The molecule has 0 bridgehead atoms. The minimum absolute atomic E-state index is 0.305. The highest BCUT2D eigenvalue weighted by molar-refractivity contribution is 7.99. The molecule has 20 heavy (non-hydrogen) atoms. The highest BCUT2D eigenvalue weighted by Crippen LogP contribution is 2.21. The summed E-state index contributed by atoms with van der Waals surface area (Å²) in [6.07, 6.45) is 0.698. The van der Waals surface area contributed by atoms with Crippen LogP contribution in [0.25, 0.3) is 0 Å². The Hall–Kier alpha value is -0.920. The Bertz CT molecular complexity index is 495.